The molecular weight excluding hydrogens is 456 g/mol. The first-order valence-corrected chi connectivity index (χ1v) is 13.0. The maximum absolute atomic E-state index is 13.9. The molecule has 1 aromatic carbocycles. The van der Waals surface area contributed by atoms with E-state index >= 15 is 0 Å². The maximum Gasteiger partial charge on any atom is 0.248 e. The molecular formula is C27H40N6O3. The highest BCUT2D eigenvalue weighted by atomic mass is 16.5. The summed E-state index contributed by atoms with van der Waals surface area (Å²) < 4.78 is 6.90. The predicted octanol–water partition coefficient (Wildman–Crippen LogP) is 3.74. The summed E-state index contributed by atoms with van der Waals surface area (Å²) in [6, 6.07) is 6.15. The third-order valence-corrected chi connectivity index (χ3v) is 7.33. The van der Waals surface area contributed by atoms with Crippen LogP contribution in [0.1, 0.15) is 65.1 Å². The number of benzene rings is 1. The lowest BCUT2D eigenvalue weighted by molar-refractivity contribution is -0.142. The van der Waals surface area contributed by atoms with Crippen molar-refractivity contribution in [3.8, 4) is 5.75 Å². The molecule has 4 rings (SSSR count). The zero-order chi connectivity index (χ0) is 25.9. The first-order chi connectivity index (χ1) is 17.2. The minimum absolute atomic E-state index is 0.0851. The van der Waals surface area contributed by atoms with Crippen molar-refractivity contribution < 1.29 is 14.3 Å². The molecule has 1 aromatic heterocycles. The fraction of sp³-hybridized carbons (Fsp3) is 0.630. The van der Waals surface area contributed by atoms with Crippen LogP contribution in [0, 0.1) is 11.3 Å². The molecule has 9 heteroatoms. The van der Waals surface area contributed by atoms with Crippen LogP contribution in [0.2, 0.25) is 0 Å². The minimum atomic E-state index is -0.547. The van der Waals surface area contributed by atoms with Crippen LogP contribution in [-0.4, -0.2) is 69.4 Å². The zero-order valence-electron chi connectivity index (χ0n) is 22.2. The van der Waals surface area contributed by atoms with Gasteiger partial charge in [-0.1, -0.05) is 32.9 Å². The zero-order valence-corrected chi connectivity index (χ0v) is 22.2. The van der Waals surface area contributed by atoms with Crippen LogP contribution in [0.15, 0.2) is 30.5 Å². The van der Waals surface area contributed by atoms with Crippen molar-refractivity contribution in [2.24, 2.45) is 11.3 Å². The van der Waals surface area contributed by atoms with Crippen molar-refractivity contribution in [1.82, 2.24) is 24.8 Å². The van der Waals surface area contributed by atoms with Crippen LogP contribution < -0.4 is 10.1 Å². The van der Waals surface area contributed by atoms with Crippen LogP contribution in [0.5, 0.6) is 5.75 Å². The summed E-state index contributed by atoms with van der Waals surface area (Å²) >= 11 is 0. The molecule has 2 unspecified atom stereocenters. The maximum atomic E-state index is 13.9. The van der Waals surface area contributed by atoms with Gasteiger partial charge < -0.3 is 15.0 Å². The number of amides is 2. The van der Waals surface area contributed by atoms with Gasteiger partial charge in [-0.2, -0.15) is 0 Å². The van der Waals surface area contributed by atoms with Crippen LogP contribution in [0.4, 0.5) is 5.69 Å². The Bertz CT molecular complexity index is 1040. The number of likely N-dealkylation sites (tertiary alicyclic amines) is 2. The molecule has 196 valence electrons. The molecule has 2 aliphatic rings. The van der Waals surface area contributed by atoms with E-state index in [0.717, 1.165) is 43.4 Å². The number of nitrogens with zero attached hydrogens (tertiary/aromatic N) is 5. The molecule has 2 aliphatic heterocycles. The summed E-state index contributed by atoms with van der Waals surface area (Å²) in [7, 11) is 1.60. The monoisotopic (exact) mass is 496 g/mol. The van der Waals surface area contributed by atoms with E-state index in [2.05, 4.69) is 27.5 Å². The van der Waals surface area contributed by atoms with Gasteiger partial charge in [0.1, 0.15) is 17.8 Å². The van der Waals surface area contributed by atoms with Gasteiger partial charge in [-0.15, -0.1) is 5.10 Å². The largest absolute Gasteiger partial charge is 0.497 e. The first-order valence-electron chi connectivity index (χ1n) is 13.0. The first kappa shape index (κ1) is 26.1. The number of hydrogen-bond donors (Lipinski definition) is 1. The minimum Gasteiger partial charge on any atom is -0.497 e. The van der Waals surface area contributed by atoms with Gasteiger partial charge >= 0.3 is 0 Å². The molecule has 1 N–H and O–H groups in total. The SMILES string of the molecule is COc1ccc(NC(=O)C2CCCN2C(=O)C(n2cc(CN3CCC(C)CC3)nn2)C(C)(C)C)cc1. The standard InChI is InChI=1S/C27H40N6O3/c1-19-12-15-31(16-13-19)17-21-18-33(30-29-21)24(27(2,3)4)26(35)32-14-6-7-23(32)25(34)28-20-8-10-22(36-5)11-9-20/h8-11,18-19,23-24H,6-7,12-17H2,1-5H3,(H,28,34). The van der Waals surface area contributed by atoms with E-state index in [1.54, 1.807) is 41.0 Å². The Morgan fingerprint density at radius 1 is 1.11 bits per heavy atom. The topological polar surface area (TPSA) is 92.6 Å². The predicted molar refractivity (Wildman–Crippen MR) is 139 cm³/mol. The summed E-state index contributed by atoms with van der Waals surface area (Å²) in [6.45, 7) is 11.8. The summed E-state index contributed by atoms with van der Waals surface area (Å²) in [6.07, 6.45) is 5.74. The normalized spacial score (nSPS) is 20.4. The average Bonchev–Trinajstić information content (AvgIpc) is 3.50. The fourth-order valence-electron chi connectivity index (χ4n) is 5.20. The van der Waals surface area contributed by atoms with E-state index in [0.29, 0.717) is 18.7 Å². The Labute approximate surface area is 214 Å². The van der Waals surface area contributed by atoms with E-state index < -0.39 is 17.5 Å². The summed E-state index contributed by atoms with van der Waals surface area (Å²) in [4.78, 5) is 31.2. The van der Waals surface area contributed by atoms with Crippen molar-refractivity contribution in [2.75, 3.05) is 32.1 Å². The van der Waals surface area contributed by atoms with Crippen molar-refractivity contribution in [3.05, 3.63) is 36.2 Å². The van der Waals surface area contributed by atoms with Gasteiger partial charge in [0.15, 0.2) is 0 Å². The molecule has 9 nitrogen and oxygen atoms in total. The number of methoxy groups -OCH3 is 1. The van der Waals surface area contributed by atoms with Gasteiger partial charge in [0.05, 0.1) is 19.0 Å². The molecule has 36 heavy (non-hydrogen) atoms. The van der Waals surface area contributed by atoms with Gasteiger partial charge in [0, 0.05) is 18.8 Å². The van der Waals surface area contributed by atoms with E-state index in [9.17, 15) is 9.59 Å². The van der Waals surface area contributed by atoms with Crippen molar-refractivity contribution in [1.29, 1.82) is 0 Å². The highest BCUT2D eigenvalue weighted by Crippen LogP contribution is 2.34. The lowest BCUT2D eigenvalue weighted by Crippen LogP contribution is -2.48. The second-order valence-corrected chi connectivity index (χ2v) is 11.3. The number of hydrogen-bond acceptors (Lipinski definition) is 6. The Kier molecular flexibility index (Phi) is 7.97. The lowest BCUT2D eigenvalue weighted by atomic mass is 9.85. The highest BCUT2D eigenvalue weighted by Gasteiger charge is 2.42. The lowest BCUT2D eigenvalue weighted by Gasteiger charge is -2.34. The Morgan fingerprint density at radius 2 is 1.81 bits per heavy atom. The van der Waals surface area contributed by atoms with Crippen molar-refractivity contribution >= 4 is 17.5 Å². The number of aromatic nitrogens is 3. The van der Waals surface area contributed by atoms with Gasteiger partial charge in [-0.3, -0.25) is 14.5 Å². The average molecular weight is 497 g/mol. The van der Waals surface area contributed by atoms with Gasteiger partial charge in [-0.25, -0.2) is 4.68 Å². The molecule has 2 fully saturated rings. The molecule has 3 heterocycles. The molecule has 2 saturated heterocycles. The second-order valence-electron chi connectivity index (χ2n) is 11.3. The smallest absolute Gasteiger partial charge is 0.248 e. The molecule has 2 aromatic rings. The van der Waals surface area contributed by atoms with Crippen LogP contribution in [0.25, 0.3) is 0 Å². The Balaban J connectivity index is 1.47. The number of nitrogens with one attached hydrogen (secondary N) is 1. The van der Waals surface area contributed by atoms with Gasteiger partial charge in [-0.05, 0) is 74.4 Å². The van der Waals surface area contributed by atoms with Crippen molar-refractivity contribution in [3.63, 3.8) is 0 Å². The van der Waals surface area contributed by atoms with E-state index in [1.165, 1.54) is 12.8 Å². The number of carbonyl (C=O) groups excluding carboxylic acids is 2. The summed E-state index contributed by atoms with van der Waals surface area (Å²) in [5.74, 6) is 1.24. The molecule has 0 saturated carbocycles. The second kappa shape index (κ2) is 11.0. The van der Waals surface area contributed by atoms with Gasteiger partial charge in [0.25, 0.3) is 0 Å². The Morgan fingerprint density at radius 3 is 2.44 bits per heavy atom. The third-order valence-electron chi connectivity index (χ3n) is 7.33. The van der Waals surface area contributed by atoms with E-state index in [-0.39, 0.29) is 11.8 Å². The van der Waals surface area contributed by atoms with E-state index in [1.807, 2.05) is 27.0 Å². The summed E-state index contributed by atoms with van der Waals surface area (Å²) in [5, 5.41) is 11.8. The molecule has 2 amide bonds. The summed E-state index contributed by atoms with van der Waals surface area (Å²) in [5.41, 5.74) is 1.16. The number of rotatable bonds is 7. The third kappa shape index (κ3) is 6.06. The van der Waals surface area contributed by atoms with E-state index in [4.69, 9.17) is 4.74 Å². The fourth-order valence-corrected chi connectivity index (χ4v) is 5.20. The molecule has 0 aliphatic carbocycles. The number of carbonyl (C=O) groups is 2. The Hall–Kier alpha value is -2.94. The molecule has 0 bridgehead atoms. The van der Waals surface area contributed by atoms with Crippen molar-refractivity contribution in [2.45, 2.75) is 72.0 Å². The van der Waals surface area contributed by atoms with Crippen LogP contribution in [-0.2, 0) is 16.1 Å². The van der Waals surface area contributed by atoms with Crippen LogP contribution >= 0.6 is 0 Å². The number of piperidine rings is 1. The molecule has 2 atom stereocenters. The quantitative estimate of drug-likeness (QED) is 0.628. The molecule has 0 spiro atoms. The highest BCUT2D eigenvalue weighted by molar-refractivity contribution is 5.98. The number of ether oxygens (including phenoxy) is 1. The van der Waals surface area contributed by atoms with Crippen LogP contribution in [0.3, 0.4) is 0 Å². The molecule has 0 radical (unpaired) electrons. The number of anilines is 1. The van der Waals surface area contributed by atoms with Gasteiger partial charge in [0.2, 0.25) is 11.8 Å².